The molecule has 4 heteroatoms. The Balaban J connectivity index is 2.61. The lowest BCUT2D eigenvalue weighted by Gasteiger charge is -2.23. The number of halogens is 3. The van der Waals surface area contributed by atoms with Crippen LogP contribution in [0.4, 0.5) is 4.39 Å². The minimum absolute atomic E-state index is 0.0556. The molecule has 20 heavy (non-hydrogen) atoms. The summed E-state index contributed by atoms with van der Waals surface area (Å²) in [5.41, 5.74) is 4.28. The van der Waals surface area contributed by atoms with Gasteiger partial charge in [0, 0.05) is 8.04 Å². The summed E-state index contributed by atoms with van der Waals surface area (Å²) in [6, 6.07) is 9.47. The van der Waals surface area contributed by atoms with Crippen LogP contribution < -0.4 is 5.32 Å². The van der Waals surface area contributed by atoms with Crippen LogP contribution in [0.1, 0.15) is 28.3 Å². The fraction of sp³-hybridized carbons (Fsp3) is 0.250. The van der Waals surface area contributed by atoms with Crippen molar-refractivity contribution in [2.24, 2.45) is 0 Å². The average molecular weight is 448 g/mol. The van der Waals surface area contributed by atoms with Crippen molar-refractivity contribution in [3.8, 4) is 0 Å². The van der Waals surface area contributed by atoms with E-state index < -0.39 is 0 Å². The van der Waals surface area contributed by atoms with Gasteiger partial charge in [-0.25, -0.2) is 4.39 Å². The maximum Gasteiger partial charge on any atom is 0.123 e. The molecule has 0 heterocycles. The summed E-state index contributed by atoms with van der Waals surface area (Å²) in [7, 11) is 1.93. The van der Waals surface area contributed by atoms with E-state index in [1.807, 2.05) is 27.0 Å². The minimum Gasteiger partial charge on any atom is -0.309 e. The van der Waals surface area contributed by atoms with Crippen molar-refractivity contribution < 1.29 is 4.39 Å². The lowest BCUT2D eigenvalue weighted by molar-refractivity contribution is 0.618. The van der Waals surface area contributed by atoms with Crippen LogP contribution in [0.15, 0.2) is 34.8 Å². The molecule has 2 rings (SSSR count). The maximum absolute atomic E-state index is 13.5. The van der Waals surface area contributed by atoms with Gasteiger partial charge in [0.05, 0.1) is 6.04 Å². The van der Waals surface area contributed by atoms with E-state index in [4.69, 9.17) is 0 Å². The molecule has 0 spiro atoms. The van der Waals surface area contributed by atoms with Crippen molar-refractivity contribution in [2.75, 3.05) is 7.05 Å². The van der Waals surface area contributed by atoms with E-state index in [-0.39, 0.29) is 11.9 Å². The van der Waals surface area contributed by atoms with Crippen LogP contribution >= 0.6 is 38.5 Å². The molecule has 0 bridgehead atoms. The van der Waals surface area contributed by atoms with E-state index in [0.717, 1.165) is 21.2 Å². The molecule has 0 amide bonds. The van der Waals surface area contributed by atoms with Crippen molar-refractivity contribution in [3.63, 3.8) is 0 Å². The van der Waals surface area contributed by atoms with Crippen LogP contribution in [-0.2, 0) is 0 Å². The van der Waals surface area contributed by atoms with Gasteiger partial charge in [0.2, 0.25) is 0 Å². The van der Waals surface area contributed by atoms with E-state index in [2.05, 4.69) is 56.0 Å². The Kier molecular flexibility index (Phi) is 5.20. The number of hydrogen-bond donors (Lipinski definition) is 1. The maximum atomic E-state index is 13.5. The number of benzene rings is 2. The van der Waals surface area contributed by atoms with E-state index in [1.165, 1.54) is 9.13 Å². The highest BCUT2D eigenvalue weighted by molar-refractivity contribution is 14.1. The summed E-state index contributed by atoms with van der Waals surface area (Å²) in [6.07, 6.45) is 0. The van der Waals surface area contributed by atoms with Crippen LogP contribution in [0.2, 0.25) is 0 Å². The predicted octanol–water partition coefficient (Wildman–Crippen LogP) is 5.12. The molecule has 2 aromatic rings. The molecule has 0 fully saturated rings. The molecule has 0 radical (unpaired) electrons. The SMILES string of the molecule is CNC(c1cc(Br)ccc1I)c1c(C)cc(F)cc1C. The summed E-state index contributed by atoms with van der Waals surface area (Å²) in [4.78, 5) is 0. The summed E-state index contributed by atoms with van der Waals surface area (Å²) in [5.74, 6) is -0.178. The van der Waals surface area contributed by atoms with E-state index in [1.54, 1.807) is 12.1 Å². The smallest absolute Gasteiger partial charge is 0.123 e. The largest absolute Gasteiger partial charge is 0.309 e. The minimum atomic E-state index is -0.178. The molecule has 1 N–H and O–H groups in total. The van der Waals surface area contributed by atoms with E-state index >= 15 is 0 Å². The highest BCUT2D eigenvalue weighted by Crippen LogP contribution is 2.32. The third-order valence-corrected chi connectivity index (χ3v) is 4.88. The van der Waals surface area contributed by atoms with Crippen LogP contribution in [0.5, 0.6) is 0 Å². The fourth-order valence-electron chi connectivity index (χ4n) is 2.57. The zero-order chi connectivity index (χ0) is 14.9. The zero-order valence-corrected chi connectivity index (χ0v) is 15.3. The van der Waals surface area contributed by atoms with Crippen molar-refractivity contribution in [3.05, 3.63) is 66.4 Å². The first-order chi connectivity index (χ1) is 9.43. The lowest BCUT2D eigenvalue weighted by Crippen LogP contribution is -2.21. The normalized spacial score (nSPS) is 12.5. The van der Waals surface area contributed by atoms with Gasteiger partial charge in [0.1, 0.15) is 5.82 Å². The summed E-state index contributed by atoms with van der Waals surface area (Å²) >= 11 is 5.86. The standard InChI is InChI=1S/C16H16BrFIN/c1-9-6-12(18)7-10(2)15(9)16(20-3)13-8-11(17)4-5-14(13)19/h4-8,16,20H,1-3H3. The van der Waals surface area contributed by atoms with Gasteiger partial charge in [-0.05, 0) is 96.1 Å². The highest BCUT2D eigenvalue weighted by atomic mass is 127. The highest BCUT2D eigenvalue weighted by Gasteiger charge is 2.19. The average Bonchev–Trinajstić information content (AvgIpc) is 2.37. The topological polar surface area (TPSA) is 12.0 Å². The predicted molar refractivity (Wildman–Crippen MR) is 93.6 cm³/mol. The Morgan fingerprint density at radius 3 is 2.30 bits per heavy atom. The van der Waals surface area contributed by atoms with Gasteiger partial charge in [-0.15, -0.1) is 0 Å². The van der Waals surface area contributed by atoms with Gasteiger partial charge in [0.15, 0.2) is 0 Å². The summed E-state index contributed by atoms with van der Waals surface area (Å²) < 4.78 is 15.7. The van der Waals surface area contributed by atoms with Crippen LogP contribution in [0.25, 0.3) is 0 Å². The Hall–Kier alpha value is -0.460. The van der Waals surface area contributed by atoms with Crippen molar-refractivity contribution >= 4 is 38.5 Å². The van der Waals surface area contributed by atoms with E-state index in [9.17, 15) is 4.39 Å². The van der Waals surface area contributed by atoms with Gasteiger partial charge < -0.3 is 5.32 Å². The summed E-state index contributed by atoms with van der Waals surface area (Å²) in [6.45, 7) is 3.92. The molecule has 0 saturated carbocycles. The Bertz CT molecular complexity index is 619. The fourth-order valence-corrected chi connectivity index (χ4v) is 3.59. The van der Waals surface area contributed by atoms with Crippen LogP contribution in [0, 0.1) is 23.2 Å². The molecule has 2 aromatic carbocycles. The van der Waals surface area contributed by atoms with Gasteiger partial charge in [-0.3, -0.25) is 0 Å². The van der Waals surface area contributed by atoms with Gasteiger partial charge in [-0.2, -0.15) is 0 Å². The number of rotatable bonds is 3. The molecule has 106 valence electrons. The molecule has 1 unspecified atom stereocenters. The van der Waals surface area contributed by atoms with Crippen molar-refractivity contribution in [2.45, 2.75) is 19.9 Å². The molecule has 0 aliphatic heterocycles. The second kappa shape index (κ2) is 6.54. The molecule has 1 atom stereocenters. The van der Waals surface area contributed by atoms with Crippen LogP contribution in [-0.4, -0.2) is 7.05 Å². The molecular weight excluding hydrogens is 432 g/mol. The third-order valence-electron chi connectivity index (χ3n) is 3.40. The second-order valence-corrected chi connectivity index (χ2v) is 6.92. The van der Waals surface area contributed by atoms with Crippen LogP contribution in [0.3, 0.4) is 0 Å². The molecule has 0 aromatic heterocycles. The second-order valence-electron chi connectivity index (χ2n) is 4.84. The van der Waals surface area contributed by atoms with Crippen molar-refractivity contribution in [1.29, 1.82) is 0 Å². The quantitative estimate of drug-likeness (QED) is 0.644. The van der Waals surface area contributed by atoms with Gasteiger partial charge in [-0.1, -0.05) is 15.9 Å². The molecule has 0 aliphatic rings. The number of hydrogen-bond acceptors (Lipinski definition) is 1. The molecule has 1 nitrogen and oxygen atoms in total. The molecular formula is C16H16BrFIN. The van der Waals surface area contributed by atoms with Gasteiger partial charge >= 0.3 is 0 Å². The monoisotopic (exact) mass is 447 g/mol. The first kappa shape index (κ1) is 15.9. The van der Waals surface area contributed by atoms with E-state index in [0.29, 0.717) is 0 Å². The Morgan fingerprint density at radius 2 is 1.75 bits per heavy atom. The Morgan fingerprint density at radius 1 is 1.15 bits per heavy atom. The number of nitrogens with one attached hydrogen (secondary N) is 1. The van der Waals surface area contributed by atoms with Crippen molar-refractivity contribution in [1.82, 2.24) is 5.32 Å². The first-order valence-electron chi connectivity index (χ1n) is 6.33. The molecule has 0 saturated heterocycles. The lowest BCUT2D eigenvalue weighted by atomic mass is 9.91. The molecule has 0 aliphatic carbocycles. The van der Waals surface area contributed by atoms with Gasteiger partial charge in [0.25, 0.3) is 0 Å². The number of aryl methyl sites for hydroxylation is 2. The first-order valence-corrected chi connectivity index (χ1v) is 8.20. The third kappa shape index (κ3) is 3.23. The Labute approximate surface area is 141 Å². The summed E-state index contributed by atoms with van der Waals surface area (Å²) in [5, 5.41) is 3.36. The zero-order valence-electron chi connectivity index (χ0n) is 11.6.